The van der Waals surface area contributed by atoms with Crippen molar-refractivity contribution in [2.24, 2.45) is 5.73 Å². The molecule has 5 nitrogen and oxygen atoms in total. The number of hydrogen-bond acceptors (Lipinski definition) is 3. The molecule has 3 aromatic rings. The fourth-order valence-corrected chi connectivity index (χ4v) is 3.82. The summed E-state index contributed by atoms with van der Waals surface area (Å²) >= 11 is 0. The van der Waals surface area contributed by atoms with E-state index in [1.165, 1.54) is 12.8 Å². The molecule has 0 radical (unpaired) electrons. The van der Waals surface area contributed by atoms with Gasteiger partial charge in [0.05, 0.1) is 6.04 Å². The van der Waals surface area contributed by atoms with Crippen LogP contribution in [0.3, 0.4) is 0 Å². The first kappa shape index (κ1) is 17.8. The lowest BCUT2D eigenvalue weighted by Gasteiger charge is -2.19. The minimum absolute atomic E-state index is 0.144. The molecule has 0 spiro atoms. The van der Waals surface area contributed by atoms with Crippen LogP contribution < -0.4 is 11.1 Å². The van der Waals surface area contributed by atoms with E-state index in [1.54, 1.807) is 0 Å². The zero-order chi connectivity index (χ0) is 18.6. The van der Waals surface area contributed by atoms with Crippen molar-refractivity contribution < 1.29 is 4.79 Å². The number of hydrogen-bond donors (Lipinski definition) is 3. The lowest BCUT2D eigenvalue weighted by Crippen LogP contribution is -2.37. The van der Waals surface area contributed by atoms with Crippen LogP contribution in [-0.2, 0) is 17.8 Å². The van der Waals surface area contributed by atoms with Crippen molar-refractivity contribution in [3.05, 3.63) is 65.9 Å². The molecule has 0 bridgehead atoms. The van der Waals surface area contributed by atoms with Crippen molar-refractivity contribution in [1.82, 2.24) is 9.88 Å². The fraction of sp³-hybridized carbons (Fsp3) is 0.318. The predicted octanol–water partition coefficient (Wildman–Crippen LogP) is 3.27. The summed E-state index contributed by atoms with van der Waals surface area (Å²) in [5, 5.41) is 4.16. The van der Waals surface area contributed by atoms with E-state index >= 15 is 0 Å². The highest BCUT2D eigenvalue weighted by Gasteiger charge is 2.19. The topological polar surface area (TPSA) is 74.1 Å². The van der Waals surface area contributed by atoms with Gasteiger partial charge in [0.25, 0.3) is 0 Å². The van der Waals surface area contributed by atoms with Gasteiger partial charge >= 0.3 is 0 Å². The summed E-state index contributed by atoms with van der Waals surface area (Å²) in [4.78, 5) is 18.4. The van der Waals surface area contributed by atoms with E-state index in [2.05, 4.69) is 27.3 Å². The largest absolute Gasteiger partial charge is 0.361 e. The molecule has 1 aliphatic rings. The van der Waals surface area contributed by atoms with Gasteiger partial charge < -0.3 is 16.0 Å². The Labute approximate surface area is 159 Å². The maximum atomic E-state index is 12.7. The molecule has 4 N–H and O–H groups in total. The molecule has 1 saturated heterocycles. The molecule has 2 heterocycles. The molecule has 2 aromatic carbocycles. The minimum Gasteiger partial charge on any atom is -0.361 e. The van der Waals surface area contributed by atoms with E-state index in [-0.39, 0.29) is 5.91 Å². The van der Waals surface area contributed by atoms with Crippen LogP contribution in [0.5, 0.6) is 0 Å². The summed E-state index contributed by atoms with van der Waals surface area (Å²) in [6, 6.07) is 15.5. The third-order valence-corrected chi connectivity index (χ3v) is 5.32. The second-order valence-electron chi connectivity index (χ2n) is 7.30. The van der Waals surface area contributed by atoms with Crippen LogP contribution in [0.25, 0.3) is 10.9 Å². The Kier molecular flexibility index (Phi) is 5.23. The first-order valence-corrected chi connectivity index (χ1v) is 9.62. The van der Waals surface area contributed by atoms with Crippen LogP contribution >= 0.6 is 0 Å². The van der Waals surface area contributed by atoms with Crippen LogP contribution in [-0.4, -0.2) is 34.9 Å². The molecular weight excluding hydrogens is 336 g/mol. The van der Waals surface area contributed by atoms with Crippen LogP contribution in [0.1, 0.15) is 24.0 Å². The zero-order valence-corrected chi connectivity index (χ0v) is 15.4. The van der Waals surface area contributed by atoms with Gasteiger partial charge in [-0.25, -0.2) is 0 Å². The number of para-hydroxylation sites is 2. The van der Waals surface area contributed by atoms with Crippen LogP contribution in [0.15, 0.2) is 54.7 Å². The number of nitrogens with zero attached hydrogens (tertiary/aromatic N) is 1. The average Bonchev–Trinajstić information content (AvgIpc) is 3.33. The van der Waals surface area contributed by atoms with Gasteiger partial charge in [0, 0.05) is 29.3 Å². The molecule has 0 saturated carbocycles. The molecule has 5 heteroatoms. The van der Waals surface area contributed by atoms with Crippen molar-refractivity contribution in [3.8, 4) is 0 Å². The van der Waals surface area contributed by atoms with Gasteiger partial charge in [0.1, 0.15) is 0 Å². The van der Waals surface area contributed by atoms with Gasteiger partial charge in [-0.3, -0.25) is 9.69 Å². The summed E-state index contributed by atoms with van der Waals surface area (Å²) in [6.07, 6.45) is 4.96. The number of nitrogens with two attached hydrogens (primary N) is 1. The van der Waals surface area contributed by atoms with E-state index in [4.69, 9.17) is 5.73 Å². The summed E-state index contributed by atoms with van der Waals surface area (Å²) < 4.78 is 0. The predicted molar refractivity (Wildman–Crippen MR) is 110 cm³/mol. The first-order valence-electron chi connectivity index (χ1n) is 9.62. The number of benzene rings is 2. The number of nitrogens with one attached hydrogen (secondary N) is 2. The molecule has 4 rings (SSSR count). The standard InChI is InChI=1S/C22H26N4O/c23-19(13-17-14-24-21-10-4-2-8-18(17)21)22(27)25-20-9-3-1-7-16(20)15-26-11-5-6-12-26/h1-4,7-10,14,19,24H,5-6,11-13,15,23H2,(H,25,27)/t19-/m1/s1. The Morgan fingerprint density at radius 2 is 1.81 bits per heavy atom. The van der Waals surface area contributed by atoms with Gasteiger partial charge in [0.2, 0.25) is 5.91 Å². The van der Waals surface area contributed by atoms with Gasteiger partial charge in [-0.1, -0.05) is 36.4 Å². The van der Waals surface area contributed by atoms with Crippen molar-refractivity contribution in [1.29, 1.82) is 0 Å². The van der Waals surface area contributed by atoms with Crippen LogP contribution in [0.2, 0.25) is 0 Å². The third-order valence-electron chi connectivity index (χ3n) is 5.32. The summed E-state index contributed by atoms with van der Waals surface area (Å²) in [6.45, 7) is 3.12. The highest BCUT2D eigenvalue weighted by Crippen LogP contribution is 2.21. The fourth-order valence-electron chi connectivity index (χ4n) is 3.82. The summed E-state index contributed by atoms with van der Waals surface area (Å²) in [5.41, 5.74) is 10.4. The SMILES string of the molecule is N[C@H](Cc1c[nH]c2ccccc12)C(=O)Nc1ccccc1CN1CCCC1. The highest BCUT2D eigenvalue weighted by molar-refractivity contribution is 5.96. The van der Waals surface area contributed by atoms with Crippen LogP contribution in [0.4, 0.5) is 5.69 Å². The Morgan fingerprint density at radius 3 is 2.67 bits per heavy atom. The molecule has 1 atom stereocenters. The molecule has 140 valence electrons. The molecule has 0 unspecified atom stereocenters. The molecule has 1 aromatic heterocycles. The number of carbonyl (C=O) groups is 1. The number of rotatable bonds is 6. The van der Waals surface area contributed by atoms with Crippen molar-refractivity contribution in [2.45, 2.75) is 31.8 Å². The van der Waals surface area contributed by atoms with E-state index in [1.807, 2.05) is 42.6 Å². The number of carbonyl (C=O) groups excluding carboxylic acids is 1. The quantitative estimate of drug-likeness (QED) is 0.630. The number of aromatic amines is 1. The Bertz CT molecular complexity index is 927. The average molecular weight is 362 g/mol. The van der Waals surface area contributed by atoms with Gasteiger partial charge in [-0.2, -0.15) is 0 Å². The Hall–Kier alpha value is -2.63. The number of H-pyrrole nitrogens is 1. The Balaban J connectivity index is 1.44. The maximum Gasteiger partial charge on any atom is 0.241 e. The smallest absolute Gasteiger partial charge is 0.241 e. The van der Waals surface area contributed by atoms with Crippen molar-refractivity contribution >= 4 is 22.5 Å². The normalized spacial score (nSPS) is 15.9. The molecular formula is C22H26N4O. The lowest BCUT2D eigenvalue weighted by molar-refractivity contribution is -0.117. The molecule has 1 aliphatic heterocycles. The number of aromatic nitrogens is 1. The van der Waals surface area contributed by atoms with E-state index < -0.39 is 6.04 Å². The van der Waals surface area contributed by atoms with Crippen molar-refractivity contribution in [3.63, 3.8) is 0 Å². The zero-order valence-electron chi connectivity index (χ0n) is 15.4. The second-order valence-corrected chi connectivity index (χ2v) is 7.30. The first-order chi connectivity index (χ1) is 13.2. The number of anilines is 1. The van der Waals surface area contributed by atoms with Crippen molar-refractivity contribution in [2.75, 3.05) is 18.4 Å². The second kappa shape index (κ2) is 7.94. The lowest BCUT2D eigenvalue weighted by atomic mass is 10.0. The van der Waals surface area contributed by atoms with E-state index in [0.717, 1.165) is 47.4 Å². The molecule has 1 amide bonds. The molecule has 0 aliphatic carbocycles. The van der Waals surface area contributed by atoms with Gasteiger partial charge in [-0.15, -0.1) is 0 Å². The summed E-state index contributed by atoms with van der Waals surface area (Å²) in [7, 11) is 0. The Morgan fingerprint density at radius 1 is 1.07 bits per heavy atom. The highest BCUT2D eigenvalue weighted by atomic mass is 16.2. The maximum absolute atomic E-state index is 12.7. The monoisotopic (exact) mass is 362 g/mol. The summed E-state index contributed by atoms with van der Waals surface area (Å²) in [5.74, 6) is -0.144. The third kappa shape index (κ3) is 4.04. The molecule has 1 fully saturated rings. The minimum atomic E-state index is -0.593. The van der Waals surface area contributed by atoms with E-state index in [0.29, 0.717) is 6.42 Å². The van der Waals surface area contributed by atoms with Crippen LogP contribution in [0, 0.1) is 0 Å². The number of amides is 1. The van der Waals surface area contributed by atoms with Gasteiger partial charge in [0.15, 0.2) is 0 Å². The number of fused-ring (bicyclic) bond motifs is 1. The van der Waals surface area contributed by atoms with E-state index in [9.17, 15) is 4.79 Å². The van der Waals surface area contributed by atoms with Gasteiger partial charge in [-0.05, 0) is 55.6 Å². The molecule has 27 heavy (non-hydrogen) atoms. The number of likely N-dealkylation sites (tertiary alicyclic amines) is 1.